The van der Waals surface area contributed by atoms with Gasteiger partial charge in [0.15, 0.2) is 6.10 Å². The molecule has 0 bridgehead atoms. The van der Waals surface area contributed by atoms with Crippen molar-refractivity contribution < 1.29 is 52.2 Å². The Balaban J connectivity index is 4.73. The monoisotopic (exact) mass is 1060 g/mol. The Morgan fingerprint density at radius 1 is 0.392 bits per heavy atom. The first-order valence-electron chi connectivity index (χ1n) is 29.8. The number of rotatable bonds is 55. The predicted octanol–water partition coefficient (Wildman–Crippen LogP) is 17.7. The van der Waals surface area contributed by atoms with Crippen molar-refractivity contribution in [2.45, 2.75) is 277 Å². The summed E-state index contributed by atoms with van der Waals surface area (Å²) in [5.74, 6) is -1.49. The van der Waals surface area contributed by atoms with E-state index >= 15 is 0 Å². The second-order valence-corrected chi connectivity index (χ2v) is 21.2. The fraction of sp³-hybridized carbons (Fsp3) is 0.758. The van der Waals surface area contributed by atoms with Crippen molar-refractivity contribution >= 4 is 25.7 Å². The van der Waals surface area contributed by atoms with Gasteiger partial charge in [0.1, 0.15) is 12.7 Å². The molecule has 2 N–H and O–H groups in total. The van der Waals surface area contributed by atoms with Crippen LogP contribution in [0.25, 0.3) is 0 Å². The zero-order valence-electron chi connectivity index (χ0n) is 47.3. The van der Waals surface area contributed by atoms with E-state index in [-0.39, 0.29) is 25.9 Å². The maximum atomic E-state index is 12.9. The largest absolute Gasteiger partial charge is 0.472 e. The maximum absolute atomic E-state index is 12.9. The van der Waals surface area contributed by atoms with Crippen LogP contribution in [-0.4, -0.2) is 66.5 Å². The SMILES string of the molecule is CC/C=C\C/C=C\C/C=C\CCCCCCCC(=O)OC(CO)COP(=O)(O)OCC(COC(=O)CCCCCCCCCCCCCCCCCCC)OC(=O)CCCCCCC/C=C\C/C=C\C/C=C\CC. The third-order valence-corrected chi connectivity index (χ3v) is 13.6. The summed E-state index contributed by atoms with van der Waals surface area (Å²) in [5.41, 5.74) is 0. The van der Waals surface area contributed by atoms with E-state index < -0.39 is 57.8 Å². The van der Waals surface area contributed by atoms with Crippen LogP contribution >= 0.6 is 7.82 Å². The number of carbonyl (C=O) groups is 3. The van der Waals surface area contributed by atoms with E-state index in [1.807, 2.05) is 0 Å². The predicted molar refractivity (Wildman–Crippen MR) is 307 cm³/mol. The third kappa shape index (κ3) is 53.7. The number of ether oxygens (including phenoxy) is 3. The first-order valence-corrected chi connectivity index (χ1v) is 31.3. The topological polar surface area (TPSA) is 155 Å². The molecule has 0 heterocycles. The molecule has 0 saturated carbocycles. The molecule has 0 radical (unpaired) electrons. The summed E-state index contributed by atoms with van der Waals surface area (Å²) >= 11 is 0. The van der Waals surface area contributed by atoms with Gasteiger partial charge in [0.2, 0.25) is 0 Å². The number of carbonyl (C=O) groups excluding carboxylic acids is 3. The highest BCUT2D eigenvalue weighted by Crippen LogP contribution is 2.43. The lowest BCUT2D eigenvalue weighted by Crippen LogP contribution is -2.30. The fourth-order valence-corrected chi connectivity index (χ4v) is 8.93. The quantitative estimate of drug-likeness (QED) is 0.0197. The smallest absolute Gasteiger partial charge is 0.462 e. The van der Waals surface area contributed by atoms with Crippen LogP contribution in [-0.2, 0) is 42.2 Å². The van der Waals surface area contributed by atoms with Crippen molar-refractivity contribution in [2.24, 2.45) is 0 Å². The van der Waals surface area contributed by atoms with Gasteiger partial charge in [0.05, 0.1) is 19.8 Å². The molecule has 0 fully saturated rings. The van der Waals surface area contributed by atoms with Crippen molar-refractivity contribution in [3.8, 4) is 0 Å². The molecule has 12 heteroatoms. The average molecular weight is 1060 g/mol. The molecule has 0 saturated heterocycles. The summed E-state index contributed by atoms with van der Waals surface area (Å²) in [5, 5.41) is 9.82. The van der Waals surface area contributed by atoms with Crippen LogP contribution in [0.1, 0.15) is 265 Å². The number of phosphoric ester groups is 1. The van der Waals surface area contributed by atoms with E-state index in [1.165, 1.54) is 83.5 Å². The lowest BCUT2D eigenvalue weighted by molar-refractivity contribution is -0.161. The van der Waals surface area contributed by atoms with E-state index in [2.05, 4.69) is 93.7 Å². The Morgan fingerprint density at radius 3 is 1.08 bits per heavy atom. The number of aliphatic hydroxyl groups excluding tert-OH is 1. The molecule has 3 atom stereocenters. The molecule has 428 valence electrons. The summed E-state index contributed by atoms with van der Waals surface area (Å²) in [6, 6.07) is 0. The van der Waals surface area contributed by atoms with Crippen molar-refractivity contribution in [1.82, 2.24) is 0 Å². The number of hydrogen-bond acceptors (Lipinski definition) is 10. The number of allylic oxidation sites excluding steroid dienone is 12. The van der Waals surface area contributed by atoms with Crippen LogP contribution in [0.2, 0.25) is 0 Å². The van der Waals surface area contributed by atoms with Gasteiger partial charge in [-0.05, 0) is 83.5 Å². The third-order valence-electron chi connectivity index (χ3n) is 12.6. The molecule has 0 aliphatic carbocycles. The highest BCUT2D eigenvalue weighted by molar-refractivity contribution is 7.47. The second-order valence-electron chi connectivity index (χ2n) is 19.8. The van der Waals surface area contributed by atoms with Crippen molar-refractivity contribution in [3.63, 3.8) is 0 Å². The van der Waals surface area contributed by atoms with Crippen molar-refractivity contribution in [1.29, 1.82) is 0 Å². The van der Waals surface area contributed by atoms with Crippen LogP contribution in [0.5, 0.6) is 0 Å². The average Bonchev–Trinajstić information content (AvgIpc) is 3.39. The zero-order chi connectivity index (χ0) is 54.1. The van der Waals surface area contributed by atoms with Gasteiger partial charge in [0.25, 0.3) is 0 Å². The number of hydrogen-bond donors (Lipinski definition) is 2. The molecule has 0 aromatic carbocycles. The summed E-state index contributed by atoms with van der Waals surface area (Å²) in [7, 11) is -4.76. The summed E-state index contributed by atoms with van der Waals surface area (Å²) in [6.07, 6.45) is 62.9. The second kappa shape index (κ2) is 56.1. The minimum atomic E-state index is -4.76. The first kappa shape index (κ1) is 70.9. The van der Waals surface area contributed by atoms with Gasteiger partial charge >= 0.3 is 25.7 Å². The minimum absolute atomic E-state index is 0.147. The molecule has 0 aliphatic rings. The van der Waals surface area contributed by atoms with Crippen molar-refractivity contribution in [3.05, 3.63) is 72.9 Å². The Hall–Kier alpha value is -3.08. The highest BCUT2D eigenvalue weighted by Gasteiger charge is 2.28. The van der Waals surface area contributed by atoms with E-state index in [0.717, 1.165) is 122 Å². The summed E-state index contributed by atoms with van der Waals surface area (Å²) < 4.78 is 39.5. The summed E-state index contributed by atoms with van der Waals surface area (Å²) in [4.78, 5) is 48.6. The molecule has 0 rings (SSSR count). The number of aliphatic hydroxyl groups is 1. The van der Waals surface area contributed by atoms with Crippen LogP contribution in [0, 0.1) is 0 Å². The first-order chi connectivity index (χ1) is 36.2. The number of esters is 3. The van der Waals surface area contributed by atoms with E-state index in [9.17, 15) is 28.9 Å². The molecule has 0 aromatic rings. The molecule has 11 nitrogen and oxygen atoms in total. The number of unbranched alkanes of at least 4 members (excludes halogenated alkanes) is 26. The molecular weight excluding hydrogens is 952 g/mol. The highest BCUT2D eigenvalue weighted by atomic mass is 31.2. The lowest BCUT2D eigenvalue weighted by atomic mass is 10.0. The Morgan fingerprint density at radius 2 is 0.703 bits per heavy atom. The van der Waals surface area contributed by atoms with Gasteiger partial charge in [-0.2, -0.15) is 0 Å². The van der Waals surface area contributed by atoms with Crippen LogP contribution < -0.4 is 0 Å². The van der Waals surface area contributed by atoms with E-state index in [1.54, 1.807) is 0 Å². The van der Waals surface area contributed by atoms with Gasteiger partial charge in [-0.3, -0.25) is 23.4 Å². The van der Waals surface area contributed by atoms with Crippen molar-refractivity contribution in [2.75, 3.05) is 26.4 Å². The maximum Gasteiger partial charge on any atom is 0.472 e. The Bertz CT molecular complexity index is 1520. The fourth-order valence-electron chi connectivity index (χ4n) is 8.15. The molecule has 74 heavy (non-hydrogen) atoms. The molecule has 3 unspecified atom stereocenters. The summed E-state index contributed by atoms with van der Waals surface area (Å²) in [6.45, 7) is 4.41. The molecule has 0 amide bonds. The van der Waals surface area contributed by atoms with E-state index in [4.69, 9.17) is 23.3 Å². The van der Waals surface area contributed by atoms with E-state index in [0.29, 0.717) is 19.3 Å². The minimum Gasteiger partial charge on any atom is -0.462 e. The lowest BCUT2D eigenvalue weighted by Gasteiger charge is -2.21. The zero-order valence-corrected chi connectivity index (χ0v) is 48.2. The Labute approximate surface area is 452 Å². The molecule has 0 aliphatic heterocycles. The molecule has 0 aromatic heterocycles. The molecule has 0 spiro atoms. The molecular formula is C62H109O11P. The standard InChI is InChI=1S/C62H109O11P/c1-4-7-10-13-16-19-22-25-28-29-32-33-36-39-42-45-48-51-60(64)69-55-59(73-62(66)53-50-47-44-41-38-35-31-27-24-21-18-15-12-9-6-3)57-71-74(67,68)70-56-58(54-63)72-61(65)52-49-46-43-40-37-34-30-26-23-20-17-14-11-8-5-2/h8-9,11-12,17-18,20-21,26-27,30-31,58-59,63H,4-7,10,13-16,19,22-25,28-29,32-57H2,1-3H3,(H,67,68)/b11-8-,12-9-,20-17-,21-18-,30-26-,31-27-. The van der Waals surface area contributed by atoms with Gasteiger partial charge in [-0.25, -0.2) is 4.57 Å². The van der Waals surface area contributed by atoms with Gasteiger partial charge < -0.3 is 24.2 Å². The van der Waals surface area contributed by atoms with Crippen LogP contribution in [0.4, 0.5) is 0 Å². The van der Waals surface area contributed by atoms with Crippen LogP contribution in [0.3, 0.4) is 0 Å². The number of phosphoric acid groups is 1. The van der Waals surface area contributed by atoms with Gasteiger partial charge in [0, 0.05) is 19.3 Å². The van der Waals surface area contributed by atoms with Crippen LogP contribution in [0.15, 0.2) is 72.9 Å². The normalized spacial score (nSPS) is 13.9. The van der Waals surface area contributed by atoms with Gasteiger partial charge in [-0.1, -0.05) is 235 Å². The Kier molecular flexibility index (Phi) is 53.8. The van der Waals surface area contributed by atoms with Gasteiger partial charge in [-0.15, -0.1) is 0 Å².